The fourth-order valence-electron chi connectivity index (χ4n) is 2.04. The Kier molecular flexibility index (Phi) is 6.76. The molecule has 6 heteroatoms. The average Bonchev–Trinajstić information content (AvgIpc) is 2.61. The highest BCUT2D eigenvalue weighted by molar-refractivity contribution is 5.93. The van der Waals surface area contributed by atoms with Crippen LogP contribution in [-0.4, -0.2) is 23.4 Å². The number of carbonyl (C=O) groups excluding carboxylic acids is 2. The number of amides is 2. The van der Waals surface area contributed by atoms with Crippen molar-refractivity contribution in [2.45, 2.75) is 26.3 Å². The zero-order valence-electron chi connectivity index (χ0n) is 13.6. The van der Waals surface area contributed by atoms with Crippen LogP contribution in [0.25, 0.3) is 0 Å². The Hall–Kier alpha value is -2.89. The number of aromatic nitrogens is 1. The maximum atomic E-state index is 11.9. The monoisotopic (exact) mass is 327 g/mol. The van der Waals surface area contributed by atoms with E-state index in [2.05, 4.69) is 15.6 Å². The highest BCUT2D eigenvalue weighted by atomic mass is 16.5. The van der Waals surface area contributed by atoms with Crippen molar-refractivity contribution in [2.75, 3.05) is 11.9 Å². The van der Waals surface area contributed by atoms with Gasteiger partial charge in [-0.25, -0.2) is 0 Å². The molecule has 2 rings (SSSR count). The van der Waals surface area contributed by atoms with Crippen LogP contribution in [0, 0.1) is 0 Å². The van der Waals surface area contributed by atoms with Gasteiger partial charge < -0.3 is 15.4 Å². The predicted molar refractivity (Wildman–Crippen MR) is 91.6 cm³/mol. The Labute approximate surface area is 141 Å². The Morgan fingerprint density at radius 1 is 1.08 bits per heavy atom. The highest BCUT2D eigenvalue weighted by Gasteiger charge is 2.07. The van der Waals surface area contributed by atoms with Crippen molar-refractivity contribution >= 4 is 17.5 Å². The zero-order valence-corrected chi connectivity index (χ0v) is 13.6. The van der Waals surface area contributed by atoms with Crippen LogP contribution in [0.4, 0.5) is 5.69 Å². The molecule has 0 saturated carbocycles. The summed E-state index contributed by atoms with van der Waals surface area (Å²) >= 11 is 0. The van der Waals surface area contributed by atoms with Crippen molar-refractivity contribution in [3.8, 4) is 5.75 Å². The van der Waals surface area contributed by atoms with E-state index in [9.17, 15) is 9.59 Å². The van der Waals surface area contributed by atoms with Gasteiger partial charge in [-0.15, -0.1) is 0 Å². The van der Waals surface area contributed by atoms with Crippen LogP contribution in [0.15, 0.2) is 48.8 Å². The van der Waals surface area contributed by atoms with Gasteiger partial charge in [0.15, 0.2) is 0 Å². The van der Waals surface area contributed by atoms with E-state index in [0.717, 1.165) is 11.3 Å². The van der Waals surface area contributed by atoms with Gasteiger partial charge in [0.05, 0.1) is 6.61 Å². The van der Waals surface area contributed by atoms with Gasteiger partial charge in [-0.1, -0.05) is 6.07 Å². The number of hydrogen-bond donors (Lipinski definition) is 2. The Morgan fingerprint density at radius 2 is 1.83 bits per heavy atom. The maximum absolute atomic E-state index is 11.9. The molecule has 0 aliphatic carbocycles. The summed E-state index contributed by atoms with van der Waals surface area (Å²) < 4.78 is 5.34. The molecular formula is C18H21N3O3. The molecular weight excluding hydrogens is 306 g/mol. The molecule has 0 bridgehead atoms. The highest BCUT2D eigenvalue weighted by Crippen LogP contribution is 2.15. The smallest absolute Gasteiger partial charge is 0.224 e. The number of anilines is 1. The summed E-state index contributed by atoms with van der Waals surface area (Å²) in [4.78, 5) is 27.6. The molecule has 0 aliphatic rings. The lowest BCUT2D eigenvalue weighted by molar-refractivity contribution is -0.124. The summed E-state index contributed by atoms with van der Waals surface area (Å²) in [6.45, 7) is 2.92. The van der Waals surface area contributed by atoms with E-state index in [0.29, 0.717) is 18.8 Å². The first-order chi connectivity index (χ1) is 11.7. The molecule has 2 amide bonds. The quantitative estimate of drug-likeness (QED) is 0.781. The van der Waals surface area contributed by atoms with Crippen LogP contribution in [0.2, 0.25) is 0 Å². The van der Waals surface area contributed by atoms with Crippen LogP contribution in [0.1, 0.15) is 25.3 Å². The minimum atomic E-state index is -0.198. The van der Waals surface area contributed by atoms with Crippen molar-refractivity contribution in [1.29, 1.82) is 0 Å². The van der Waals surface area contributed by atoms with E-state index >= 15 is 0 Å². The third-order valence-corrected chi connectivity index (χ3v) is 3.24. The molecule has 0 fully saturated rings. The minimum Gasteiger partial charge on any atom is -0.494 e. The molecule has 2 aromatic rings. The summed E-state index contributed by atoms with van der Waals surface area (Å²) in [5, 5.41) is 5.52. The van der Waals surface area contributed by atoms with E-state index in [1.165, 1.54) is 0 Å². The molecule has 126 valence electrons. The first-order valence-corrected chi connectivity index (χ1v) is 7.85. The van der Waals surface area contributed by atoms with Crippen molar-refractivity contribution in [3.63, 3.8) is 0 Å². The van der Waals surface area contributed by atoms with E-state index in [4.69, 9.17) is 4.74 Å². The molecule has 1 aromatic heterocycles. The van der Waals surface area contributed by atoms with Crippen LogP contribution >= 0.6 is 0 Å². The molecule has 6 nitrogen and oxygen atoms in total. The largest absolute Gasteiger partial charge is 0.494 e. The molecule has 0 saturated heterocycles. The summed E-state index contributed by atoms with van der Waals surface area (Å²) in [7, 11) is 0. The summed E-state index contributed by atoms with van der Waals surface area (Å²) in [6, 6.07) is 10.8. The number of hydrogen-bond acceptors (Lipinski definition) is 4. The van der Waals surface area contributed by atoms with E-state index in [1.807, 2.05) is 19.1 Å². The number of carbonyl (C=O) groups is 2. The van der Waals surface area contributed by atoms with Gasteiger partial charge in [0, 0.05) is 37.5 Å². The zero-order chi connectivity index (χ0) is 17.2. The second-order valence-corrected chi connectivity index (χ2v) is 5.14. The minimum absolute atomic E-state index is 0.131. The second kappa shape index (κ2) is 9.29. The lowest BCUT2D eigenvalue weighted by atomic mass is 10.2. The van der Waals surface area contributed by atoms with Crippen LogP contribution in [0.5, 0.6) is 5.75 Å². The number of pyridine rings is 1. The predicted octanol–water partition coefficient (Wildman–Crippen LogP) is 2.52. The molecule has 0 atom stereocenters. The topological polar surface area (TPSA) is 80.3 Å². The number of ether oxygens (including phenoxy) is 1. The van der Waals surface area contributed by atoms with E-state index in [1.54, 1.807) is 36.7 Å². The van der Waals surface area contributed by atoms with Gasteiger partial charge in [-0.3, -0.25) is 14.6 Å². The SMILES string of the molecule is CCOc1ccc(NC(=O)CCC(=O)NCc2cccnc2)cc1. The lowest BCUT2D eigenvalue weighted by Gasteiger charge is -2.08. The van der Waals surface area contributed by atoms with Crippen molar-refractivity contribution in [3.05, 3.63) is 54.4 Å². The summed E-state index contributed by atoms with van der Waals surface area (Å²) in [5.41, 5.74) is 1.60. The molecule has 0 radical (unpaired) electrons. The standard InChI is InChI=1S/C18H21N3O3/c1-2-24-16-7-5-15(6-8-16)21-18(23)10-9-17(22)20-13-14-4-3-11-19-12-14/h3-8,11-12H,2,9-10,13H2,1H3,(H,20,22)(H,21,23). The normalized spacial score (nSPS) is 10.0. The Morgan fingerprint density at radius 3 is 2.50 bits per heavy atom. The maximum Gasteiger partial charge on any atom is 0.224 e. The van der Waals surface area contributed by atoms with Crippen molar-refractivity contribution in [1.82, 2.24) is 10.3 Å². The van der Waals surface area contributed by atoms with Gasteiger partial charge in [-0.05, 0) is 42.8 Å². The van der Waals surface area contributed by atoms with Gasteiger partial charge in [-0.2, -0.15) is 0 Å². The summed E-state index contributed by atoms with van der Waals surface area (Å²) in [6.07, 6.45) is 3.64. The number of nitrogens with one attached hydrogen (secondary N) is 2. The van der Waals surface area contributed by atoms with E-state index < -0.39 is 0 Å². The first kappa shape index (κ1) is 17.5. The third-order valence-electron chi connectivity index (χ3n) is 3.24. The molecule has 1 aromatic carbocycles. The van der Waals surface area contributed by atoms with Gasteiger partial charge in [0.25, 0.3) is 0 Å². The van der Waals surface area contributed by atoms with Crippen molar-refractivity contribution in [2.24, 2.45) is 0 Å². The molecule has 1 heterocycles. The van der Waals surface area contributed by atoms with Gasteiger partial charge in [0.2, 0.25) is 11.8 Å². The number of benzene rings is 1. The Balaban J connectivity index is 1.69. The van der Waals surface area contributed by atoms with Gasteiger partial charge in [0.1, 0.15) is 5.75 Å². The lowest BCUT2D eigenvalue weighted by Crippen LogP contribution is -2.24. The van der Waals surface area contributed by atoms with Crippen LogP contribution in [0.3, 0.4) is 0 Å². The van der Waals surface area contributed by atoms with Gasteiger partial charge >= 0.3 is 0 Å². The molecule has 2 N–H and O–H groups in total. The van der Waals surface area contributed by atoms with Crippen molar-refractivity contribution < 1.29 is 14.3 Å². The fourth-order valence-corrected chi connectivity index (χ4v) is 2.04. The van der Waals surface area contributed by atoms with Crippen LogP contribution in [-0.2, 0) is 16.1 Å². The first-order valence-electron chi connectivity index (χ1n) is 7.85. The Bertz CT molecular complexity index is 657. The number of rotatable bonds is 8. The third kappa shape index (κ3) is 6.08. The molecule has 0 aliphatic heterocycles. The molecule has 24 heavy (non-hydrogen) atoms. The second-order valence-electron chi connectivity index (χ2n) is 5.14. The van der Waals surface area contributed by atoms with E-state index in [-0.39, 0.29) is 24.7 Å². The van der Waals surface area contributed by atoms with Crippen LogP contribution < -0.4 is 15.4 Å². The molecule has 0 unspecified atom stereocenters. The number of nitrogens with zero attached hydrogens (tertiary/aromatic N) is 1. The molecule has 0 spiro atoms. The fraction of sp³-hybridized carbons (Fsp3) is 0.278. The summed E-state index contributed by atoms with van der Waals surface area (Å²) in [5.74, 6) is 0.390. The average molecular weight is 327 g/mol.